The number of oxazole rings is 1. The Morgan fingerprint density at radius 1 is 1.33 bits per heavy atom. The largest absolute Gasteiger partial charge is 0.444 e. The number of aromatic nitrogens is 1. The van der Waals surface area contributed by atoms with Crippen LogP contribution in [0.3, 0.4) is 0 Å². The van der Waals surface area contributed by atoms with E-state index in [1.54, 1.807) is 12.1 Å². The van der Waals surface area contributed by atoms with E-state index in [0.717, 1.165) is 22.5 Å². The number of hydrogen-bond acceptors (Lipinski definition) is 3. The fourth-order valence-corrected chi connectivity index (χ4v) is 2.55. The van der Waals surface area contributed by atoms with Gasteiger partial charge < -0.3 is 15.1 Å². The van der Waals surface area contributed by atoms with Gasteiger partial charge in [-0.05, 0) is 51.0 Å². The van der Waals surface area contributed by atoms with Crippen molar-refractivity contribution in [3.05, 3.63) is 51.4 Å². The molecular weight excluding hydrogens is 375 g/mol. The maximum atomic E-state index is 13.7. The van der Waals surface area contributed by atoms with Crippen LogP contribution in [-0.4, -0.2) is 24.0 Å². The molecule has 0 bridgehead atoms. The van der Waals surface area contributed by atoms with E-state index in [2.05, 4.69) is 36.5 Å². The summed E-state index contributed by atoms with van der Waals surface area (Å²) < 4.78 is 20.1. The Morgan fingerprint density at radius 3 is 2.79 bits per heavy atom. The molecule has 1 aromatic carbocycles. The van der Waals surface area contributed by atoms with Gasteiger partial charge in [0.1, 0.15) is 18.1 Å². The fraction of sp³-hybridized carbons (Fsp3) is 0.412. The van der Waals surface area contributed by atoms with E-state index in [4.69, 9.17) is 4.42 Å². The van der Waals surface area contributed by atoms with Crippen molar-refractivity contribution in [1.82, 2.24) is 15.6 Å². The van der Waals surface area contributed by atoms with Crippen LogP contribution in [0, 0.1) is 19.7 Å². The molecule has 0 atom stereocenters. The second-order valence-electron chi connectivity index (χ2n) is 5.36. The van der Waals surface area contributed by atoms with Gasteiger partial charge in [-0.25, -0.2) is 14.4 Å². The molecule has 0 saturated heterocycles. The highest BCUT2D eigenvalue weighted by atomic mass is 79.9. The van der Waals surface area contributed by atoms with Gasteiger partial charge in [-0.3, -0.25) is 0 Å². The van der Waals surface area contributed by atoms with Crippen LogP contribution in [0.1, 0.15) is 29.8 Å². The molecule has 2 rings (SSSR count). The molecule has 5 nitrogen and oxygen atoms in total. The van der Waals surface area contributed by atoms with Crippen molar-refractivity contribution in [3.63, 3.8) is 0 Å². The first-order valence-corrected chi connectivity index (χ1v) is 8.68. The fourth-order valence-electron chi connectivity index (χ4n) is 2.15. The molecule has 7 heteroatoms. The maximum absolute atomic E-state index is 13.7. The van der Waals surface area contributed by atoms with Gasteiger partial charge in [0.2, 0.25) is 5.89 Å². The molecule has 0 unspecified atom stereocenters. The van der Waals surface area contributed by atoms with E-state index in [1.165, 1.54) is 6.07 Å². The number of rotatable bonds is 6. The van der Waals surface area contributed by atoms with Crippen molar-refractivity contribution in [3.8, 4) is 0 Å². The molecule has 1 aromatic heterocycles. The molecule has 0 aliphatic heterocycles. The van der Waals surface area contributed by atoms with E-state index in [0.29, 0.717) is 36.9 Å². The zero-order valence-electron chi connectivity index (χ0n) is 14.1. The summed E-state index contributed by atoms with van der Waals surface area (Å²) in [6, 6.07) is 4.95. The average molecular weight is 397 g/mol. The lowest BCUT2D eigenvalue weighted by Gasteiger charge is -2.11. The highest BCUT2D eigenvalue weighted by molar-refractivity contribution is 9.10. The summed E-state index contributed by atoms with van der Waals surface area (Å²) in [4.78, 5) is 8.75. The summed E-state index contributed by atoms with van der Waals surface area (Å²) in [7, 11) is 0. The van der Waals surface area contributed by atoms with E-state index in [-0.39, 0.29) is 5.82 Å². The molecule has 1 heterocycles. The predicted molar refractivity (Wildman–Crippen MR) is 96.6 cm³/mol. The number of halogens is 2. The minimum atomic E-state index is -0.201. The van der Waals surface area contributed by atoms with Gasteiger partial charge in [-0.1, -0.05) is 15.9 Å². The lowest BCUT2D eigenvalue weighted by atomic mass is 10.1. The first-order valence-electron chi connectivity index (χ1n) is 7.88. The highest BCUT2D eigenvalue weighted by Gasteiger charge is 2.06. The number of guanidine groups is 1. The second-order valence-corrected chi connectivity index (χ2v) is 6.27. The Hall–Kier alpha value is -1.89. The predicted octanol–water partition coefficient (Wildman–Crippen LogP) is 3.49. The van der Waals surface area contributed by atoms with Crippen molar-refractivity contribution in [2.24, 2.45) is 4.99 Å². The Morgan fingerprint density at radius 2 is 2.12 bits per heavy atom. The lowest BCUT2D eigenvalue weighted by Crippen LogP contribution is -2.38. The van der Waals surface area contributed by atoms with Crippen LogP contribution in [0.25, 0.3) is 0 Å². The van der Waals surface area contributed by atoms with Crippen LogP contribution in [-0.2, 0) is 13.0 Å². The zero-order valence-corrected chi connectivity index (χ0v) is 15.7. The molecule has 0 spiro atoms. The van der Waals surface area contributed by atoms with Crippen LogP contribution in [0.2, 0.25) is 0 Å². The first-order chi connectivity index (χ1) is 11.5. The van der Waals surface area contributed by atoms with Gasteiger partial charge >= 0.3 is 0 Å². The van der Waals surface area contributed by atoms with E-state index < -0.39 is 0 Å². The molecule has 0 saturated carbocycles. The van der Waals surface area contributed by atoms with Crippen molar-refractivity contribution in [2.75, 3.05) is 13.1 Å². The van der Waals surface area contributed by atoms with Crippen LogP contribution in [0.15, 0.2) is 32.1 Å². The quantitative estimate of drug-likeness (QED) is 0.579. The molecule has 2 aromatic rings. The molecule has 2 N–H and O–H groups in total. The molecular formula is C17H22BrFN4O. The number of benzene rings is 1. The van der Waals surface area contributed by atoms with Gasteiger partial charge in [0.15, 0.2) is 5.96 Å². The molecule has 0 aliphatic carbocycles. The number of nitrogens with zero attached hydrogens (tertiary/aromatic N) is 2. The second kappa shape index (κ2) is 8.82. The van der Waals surface area contributed by atoms with E-state index in [9.17, 15) is 4.39 Å². The molecule has 130 valence electrons. The van der Waals surface area contributed by atoms with Crippen molar-refractivity contribution in [1.29, 1.82) is 0 Å². The highest BCUT2D eigenvalue weighted by Crippen LogP contribution is 2.15. The van der Waals surface area contributed by atoms with Gasteiger partial charge in [0, 0.05) is 17.6 Å². The number of hydrogen-bond donors (Lipinski definition) is 2. The van der Waals surface area contributed by atoms with Gasteiger partial charge in [-0.2, -0.15) is 0 Å². The SMILES string of the molecule is CCNC(=NCc1nc(C)c(C)o1)NCCc1cc(Br)ccc1F. The van der Waals surface area contributed by atoms with Gasteiger partial charge in [-0.15, -0.1) is 0 Å². The van der Waals surface area contributed by atoms with Crippen molar-refractivity contribution in [2.45, 2.75) is 33.7 Å². The third-order valence-corrected chi connectivity index (χ3v) is 3.98. The Kier molecular flexibility index (Phi) is 6.78. The number of nitrogens with one attached hydrogen (secondary N) is 2. The summed E-state index contributed by atoms with van der Waals surface area (Å²) in [5.41, 5.74) is 1.54. The average Bonchev–Trinajstić information content (AvgIpc) is 2.86. The summed E-state index contributed by atoms with van der Waals surface area (Å²) in [5.74, 6) is 1.85. The van der Waals surface area contributed by atoms with Gasteiger partial charge in [0.05, 0.1) is 5.69 Å². The normalized spacial score (nSPS) is 11.6. The minimum Gasteiger partial charge on any atom is -0.444 e. The molecule has 0 amide bonds. The molecule has 0 radical (unpaired) electrons. The summed E-state index contributed by atoms with van der Waals surface area (Å²) in [6.45, 7) is 7.44. The van der Waals surface area contributed by atoms with E-state index in [1.807, 2.05) is 20.8 Å². The molecule has 24 heavy (non-hydrogen) atoms. The third-order valence-electron chi connectivity index (χ3n) is 3.48. The number of aliphatic imine (C=N–C) groups is 1. The summed E-state index contributed by atoms with van der Waals surface area (Å²) in [5, 5.41) is 6.35. The third kappa shape index (κ3) is 5.33. The smallest absolute Gasteiger partial charge is 0.216 e. The van der Waals surface area contributed by atoms with Crippen LogP contribution < -0.4 is 10.6 Å². The van der Waals surface area contributed by atoms with Crippen molar-refractivity contribution >= 4 is 21.9 Å². The van der Waals surface area contributed by atoms with Crippen LogP contribution >= 0.6 is 15.9 Å². The monoisotopic (exact) mass is 396 g/mol. The molecule has 0 fully saturated rings. The minimum absolute atomic E-state index is 0.201. The summed E-state index contributed by atoms with van der Waals surface area (Å²) >= 11 is 3.36. The summed E-state index contributed by atoms with van der Waals surface area (Å²) in [6.07, 6.45) is 0.562. The maximum Gasteiger partial charge on any atom is 0.216 e. The Bertz CT molecular complexity index is 695. The Labute approximate surface area is 149 Å². The van der Waals surface area contributed by atoms with Gasteiger partial charge in [0.25, 0.3) is 0 Å². The van der Waals surface area contributed by atoms with Crippen LogP contribution in [0.4, 0.5) is 4.39 Å². The van der Waals surface area contributed by atoms with Crippen LogP contribution in [0.5, 0.6) is 0 Å². The standard InChI is InChI=1S/C17H22BrFN4O/c1-4-20-17(22-10-16-23-11(2)12(3)24-16)21-8-7-13-9-14(18)5-6-15(13)19/h5-6,9H,4,7-8,10H2,1-3H3,(H2,20,21,22). The van der Waals surface area contributed by atoms with E-state index >= 15 is 0 Å². The Balaban J connectivity index is 1.92. The zero-order chi connectivity index (χ0) is 17.5. The number of aryl methyl sites for hydroxylation is 2. The topological polar surface area (TPSA) is 62.5 Å². The van der Waals surface area contributed by atoms with Crippen molar-refractivity contribution < 1.29 is 8.81 Å². The lowest BCUT2D eigenvalue weighted by molar-refractivity contribution is 0.473. The first kappa shape index (κ1) is 18.4. The molecule has 0 aliphatic rings.